The molecule has 0 saturated carbocycles. The molecule has 0 radical (unpaired) electrons. The fourth-order valence-corrected chi connectivity index (χ4v) is 1.72. The van der Waals surface area contributed by atoms with Crippen LogP contribution in [0.2, 0.25) is 0 Å². The fraction of sp³-hybridized carbons (Fsp3) is 0.143. The summed E-state index contributed by atoms with van der Waals surface area (Å²) >= 11 is 0. The van der Waals surface area contributed by atoms with Gasteiger partial charge in [-0.15, -0.1) is 13.2 Å². The lowest BCUT2D eigenvalue weighted by molar-refractivity contribution is -0.274. The molecule has 0 saturated heterocycles. The molecule has 0 N–H and O–H groups in total. The summed E-state index contributed by atoms with van der Waals surface area (Å²) in [4.78, 5) is 3.97. The lowest BCUT2D eigenvalue weighted by atomic mass is 10.1. The summed E-state index contributed by atoms with van der Waals surface area (Å²) in [5, 5.41) is 8.87. The van der Waals surface area contributed by atoms with E-state index in [0.29, 0.717) is 16.7 Å². The zero-order valence-corrected chi connectivity index (χ0v) is 10.8. The van der Waals surface area contributed by atoms with E-state index in [0.717, 1.165) is 0 Å². The van der Waals surface area contributed by atoms with Gasteiger partial charge in [-0.25, -0.2) is 4.98 Å². The van der Waals surface area contributed by atoms with Crippen LogP contribution in [0.5, 0.6) is 11.6 Å². The number of halogens is 3. The number of alkyl halides is 3. The van der Waals surface area contributed by atoms with Crippen molar-refractivity contribution in [1.29, 1.82) is 5.26 Å². The first kappa shape index (κ1) is 14.7. The molecule has 0 unspecified atom stereocenters. The molecule has 4 nitrogen and oxygen atoms in total. The number of methoxy groups -OCH3 is 1. The summed E-state index contributed by atoms with van der Waals surface area (Å²) in [5.74, 6) is -0.0481. The lowest BCUT2D eigenvalue weighted by Crippen LogP contribution is -2.16. The molecule has 0 spiro atoms. The highest BCUT2D eigenvalue weighted by molar-refractivity contribution is 5.70. The number of aromatic nitrogens is 1. The van der Waals surface area contributed by atoms with E-state index in [-0.39, 0.29) is 11.6 Å². The number of nitrogens with zero attached hydrogens (tertiary/aromatic N) is 2. The number of rotatable bonds is 3. The first-order valence-electron chi connectivity index (χ1n) is 5.73. The second-order valence-electron chi connectivity index (χ2n) is 3.96. The van der Waals surface area contributed by atoms with Crippen LogP contribution in [0.4, 0.5) is 13.2 Å². The van der Waals surface area contributed by atoms with Crippen LogP contribution in [0.15, 0.2) is 36.5 Å². The van der Waals surface area contributed by atoms with Crippen molar-refractivity contribution in [1.82, 2.24) is 4.98 Å². The highest BCUT2D eigenvalue weighted by atomic mass is 19.4. The number of hydrogen-bond donors (Lipinski definition) is 0. The van der Waals surface area contributed by atoms with Crippen LogP contribution in [-0.4, -0.2) is 18.5 Å². The Bertz CT molecular complexity index is 676. The molecule has 2 aromatic rings. The summed E-state index contributed by atoms with van der Waals surface area (Å²) in [7, 11) is 1.42. The molecular weight excluding hydrogens is 285 g/mol. The Morgan fingerprint density at radius 3 is 2.38 bits per heavy atom. The maximum Gasteiger partial charge on any atom is 0.573 e. The van der Waals surface area contributed by atoms with E-state index < -0.39 is 6.36 Å². The fourth-order valence-electron chi connectivity index (χ4n) is 1.72. The van der Waals surface area contributed by atoms with E-state index in [1.807, 2.05) is 6.07 Å². The Hall–Kier alpha value is -2.75. The van der Waals surface area contributed by atoms with Gasteiger partial charge in [0.1, 0.15) is 11.8 Å². The maximum atomic E-state index is 12.1. The summed E-state index contributed by atoms with van der Waals surface area (Å²) in [6.07, 6.45) is -3.38. The summed E-state index contributed by atoms with van der Waals surface area (Å²) in [6.45, 7) is 0. The van der Waals surface area contributed by atoms with Crippen LogP contribution in [-0.2, 0) is 0 Å². The van der Waals surface area contributed by atoms with Crippen molar-refractivity contribution in [2.45, 2.75) is 6.36 Å². The zero-order chi connectivity index (χ0) is 15.5. The SMILES string of the molecule is COc1ncc(C#N)cc1-c1ccc(OC(F)(F)F)cc1. The Kier molecular flexibility index (Phi) is 3.98. The van der Waals surface area contributed by atoms with E-state index in [2.05, 4.69) is 9.72 Å². The molecule has 1 heterocycles. The minimum absolute atomic E-state index is 0.276. The van der Waals surface area contributed by atoms with E-state index in [9.17, 15) is 13.2 Å². The molecule has 0 bridgehead atoms. The summed E-state index contributed by atoms with van der Waals surface area (Å²) < 4.78 is 45.2. The molecule has 21 heavy (non-hydrogen) atoms. The van der Waals surface area contributed by atoms with Gasteiger partial charge >= 0.3 is 6.36 Å². The number of hydrogen-bond acceptors (Lipinski definition) is 4. The van der Waals surface area contributed by atoms with Crippen LogP contribution in [0.3, 0.4) is 0 Å². The van der Waals surface area contributed by atoms with Gasteiger partial charge in [0, 0.05) is 11.8 Å². The number of ether oxygens (including phenoxy) is 2. The van der Waals surface area contributed by atoms with E-state index in [1.54, 1.807) is 6.07 Å². The molecule has 1 aromatic heterocycles. The Morgan fingerprint density at radius 1 is 1.19 bits per heavy atom. The molecule has 0 aliphatic heterocycles. The average molecular weight is 294 g/mol. The second kappa shape index (κ2) is 5.71. The molecule has 0 aliphatic rings. The largest absolute Gasteiger partial charge is 0.573 e. The highest BCUT2D eigenvalue weighted by Gasteiger charge is 2.31. The quantitative estimate of drug-likeness (QED) is 0.869. The summed E-state index contributed by atoms with van der Waals surface area (Å²) in [5.41, 5.74) is 1.39. The zero-order valence-electron chi connectivity index (χ0n) is 10.8. The van der Waals surface area contributed by atoms with Crippen LogP contribution in [0.1, 0.15) is 5.56 Å². The Labute approximate surface area is 118 Å². The van der Waals surface area contributed by atoms with E-state index in [1.165, 1.54) is 37.6 Å². The highest BCUT2D eigenvalue weighted by Crippen LogP contribution is 2.31. The number of benzene rings is 1. The van der Waals surface area contributed by atoms with Gasteiger partial charge in [-0.3, -0.25) is 0 Å². The van der Waals surface area contributed by atoms with Crippen molar-refractivity contribution in [2.75, 3.05) is 7.11 Å². The maximum absolute atomic E-state index is 12.1. The lowest BCUT2D eigenvalue weighted by Gasteiger charge is -2.10. The van der Waals surface area contributed by atoms with Crippen molar-refractivity contribution >= 4 is 0 Å². The Morgan fingerprint density at radius 2 is 1.86 bits per heavy atom. The van der Waals surface area contributed by atoms with Crippen LogP contribution >= 0.6 is 0 Å². The predicted octanol–water partition coefficient (Wildman–Crippen LogP) is 3.53. The van der Waals surface area contributed by atoms with Gasteiger partial charge in [0.25, 0.3) is 0 Å². The smallest absolute Gasteiger partial charge is 0.481 e. The first-order chi connectivity index (χ1) is 9.93. The Balaban J connectivity index is 2.37. The molecule has 0 atom stereocenters. The van der Waals surface area contributed by atoms with Crippen LogP contribution < -0.4 is 9.47 Å². The average Bonchev–Trinajstić information content (AvgIpc) is 2.45. The van der Waals surface area contributed by atoms with Crippen molar-refractivity contribution < 1.29 is 22.6 Å². The predicted molar refractivity (Wildman–Crippen MR) is 67.6 cm³/mol. The third-order valence-corrected chi connectivity index (χ3v) is 2.57. The second-order valence-corrected chi connectivity index (χ2v) is 3.96. The van der Waals surface area contributed by atoms with Crippen LogP contribution in [0.25, 0.3) is 11.1 Å². The number of nitriles is 1. The third-order valence-electron chi connectivity index (χ3n) is 2.57. The molecule has 0 amide bonds. The molecule has 0 aliphatic carbocycles. The third kappa shape index (κ3) is 3.63. The molecule has 0 fully saturated rings. The molecule has 108 valence electrons. The van der Waals surface area contributed by atoms with Crippen LogP contribution in [0, 0.1) is 11.3 Å². The first-order valence-corrected chi connectivity index (χ1v) is 5.73. The van der Waals surface area contributed by atoms with Gasteiger partial charge in [0.15, 0.2) is 0 Å². The van der Waals surface area contributed by atoms with Crippen molar-refractivity contribution in [2.24, 2.45) is 0 Å². The van der Waals surface area contributed by atoms with Crippen molar-refractivity contribution in [3.8, 4) is 28.8 Å². The van der Waals surface area contributed by atoms with E-state index >= 15 is 0 Å². The summed E-state index contributed by atoms with van der Waals surface area (Å²) in [6, 6.07) is 8.71. The normalized spacial score (nSPS) is 10.8. The molecule has 7 heteroatoms. The van der Waals surface area contributed by atoms with Gasteiger partial charge in [-0.1, -0.05) is 12.1 Å². The number of pyridine rings is 1. The van der Waals surface area contributed by atoms with Gasteiger partial charge in [0.2, 0.25) is 5.88 Å². The molecule has 1 aromatic carbocycles. The standard InChI is InChI=1S/C14H9F3N2O2/c1-20-13-12(6-9(7-18)8-19-13)10-2-4-11(5-3-10)21-14(15,16)17/h2-6,8H,1H3. The molecular formula is C14H9F3N2O2. The minimum Gasteiger partial charge on any atom is -0.481 e. The monoisotopic (exact) mass is 294 g/mol. The van der Waals surface area contributed by atoms with Gasteiger partial charge < -0.3 is 9.47 Å². The van der Waals surface area contributed by atoms with Gasteiger partial charge in [0.05, 0.1) is 12.7 Å². The molecule has 2 rings (SSSR count). The van der Waals surface area contributed by atoms with E-state index in [4.69, 9.17) is 10.00 Å². The van der Waals surface area contributed by atoms with Gasteiger partial charge in [-0.2, -0.15) is 5.26 Å². The topological polar surface area (TPSA) is 55.1 Å². The minimum atomic E-state index is -4.73. The van der Waals surface area contributed by atoms with Gasteiger partial charge in [-0.05, 0) is 23.8 Å². The van der Waals surface area contributed by atoms with Crippen molar-refractivity contribution in [3.63, 3.8) is 0 Å². The van der Waals surface area contributed by atoms with Crippen molar-refractivity contribution in [3.05, 3.63) is 42.1 Å².